The highest BCUT2D eigenvalue weighted by molar-refractivity contribution is 5.14. The number of aliphatic hydroxyl groups is 4. The van der Waals surface area contributed by atoms with E-state index >= 15 is 0 Å². The van der Waals surface area contributed by atoms with E-state index in [-0.39, 0.29) is 26.4 Å². The second kappa shape index (κ2) is 11.8. The van der Waals surface area contributed by atoms with Crippen LogP contribution in [0.15, 0.2) is 30.3 Å². The highest BCUT2D eigenvalue weighted by Gasteiger charge is 2.52. The van der Waals surface area contributed by atoms with Crippen LogP contribution in [0.3, 0.4) is 0 Å². The summed E-state index contributed by atoms with van der Waals surface area (Å²) < 4.78 is 17.1. The van der Waals surface area contributed by atoms with E-state index in [1.54, 1.807) is 14.1 Å². The van der Waals surface area contributed by atoms with Crippen LogP contribution in [0, 0.1) is 0 Å². The van der Waals surface area contributed by atoms with E-state index < -0.39 is 48.4 Å². The van der Waals surface area contributed by atoms with Gasteiger partial charge < -0.3 is 50.6 Å². The first kappa shape index (κ1) is 25.4. The maximum atomic E-state index is 11.2. The molecule has 1 aromatic rings. The average Bonchev–Trinajstić information content (AvgIpc) is 2.79. The van der Waals surface area contributed by atoms with Gasteiger partial charge in [0.15, 0.2) is 6.29 Å². The van der Waals surface area contributed by atoms with Crippen molar-refractivity contribution in [2.24, 2.45) is 0 Å². The van der Waals surface area contributed by atoms with Crippen molar-refractivity contribution in [2.75, 3.05) is 40.6 Å². The Hall–Kier alpha value is -1.18. The lowest BCUT2D eigenvalue weighted by Crippen LogP contribution is -2.72. The van der Waals surface area contributed by atoms with E-state index in [4.69, 9.17) is 14.2 Å². The fourth-order valence-electron chi connectivity index (χ4n) is 4.45. The number of rotatable bonds is 7. The fraction of sp³-hybridized carbons (Fsp3) is 0.727. The molecule has 182 valence electrons. The number of benzene rings is 1. The summed E-state index contributed by atoms with van der Waals surface area (Å²) in [6.45, 7) is 0.711. The van der Waals surface area contributed by atoms with Gasteiger partial charge in [0.05, 0.1) is 24.8 Å². The van der Waals surface area contributed by atoms with Crippen molar-refractivity contribution in [3.63, 3.8) is 0 Å². The minimum Gasteiger partial charge on any atom is -0.390 e. The lowest BCUT2D eigenvalue weighted by molar-refractivity contribution is -0.296. The van der Waals surface area contributed by atoms with Crippen LogP contribution in [-0.4, -0.2) is 109 Å². The molecule has 1 saturated carbocycles. The summed E-state index contributed by atoms with van der Waals surface area (Å²) in [6.07, 6.45) is -4.66. The van der Waals surface area contributed by atoms with Crippen molar-refractivity contribution in [2.45, 2.75) is 61.2 Å². The van der Waals surface area contributed by atoms with Crippen molar-refractivity contribution in [1.29, 1.82) is 0 Å². The number of aliphatic hydroxyl groups excluding tert-OH is 3. The topological polar surface area (TPSA) is 145 Å². The van der Waals surface area contributed by atoms with Gasteiger partial charge in [-0.25, -0.2) is 0 Å². The van der Waals surface area contributed by atoms with Crippen LogP contribution in [0.4, 0.5) is 0 Å². The predicted molar refractivity (Wildman–Crippen MR) is 117 cm³/mol. The zero-order valence-electron chi connectivity index (χ0n) is 18.7. The maximum absolute atomic E-state index is 11.2. The van der Waals surface area contributed by atoms with E-state index in [9.17, 15) is 20.4 Å². The van der Waals surface area contributed by atoms with E-state index in [1.165, 1.54) is 5.56 Å². The molecule has 1 aromatic carbocycles. The number of likely N-dealkylation sites (N-methyl/N-ethyl adjacent to an activating group) is 2. The van der Waals surface area contributed by atoms with Gasteiger partial charge in [0.1, 0.15) is 30.7 Å². The Morgan fingerprint density at radius 1 is 1.00 bits per heavy atom. The molecular formula is C22H37N3O7. The lowest BCUT2D eigenvalue weighted by Gasteiger charge is -2.49. The van der Waals surface area contributed by atoms with Crippen LogP contribution in [0.5, 0.6) is 0 Å². The number of ether oxygens (including phenoxy) is 3. The predicted octanol–water partition coefficient (Wildman–Crippen LogP) is -2.07. The van der Waals surface area contributed by atoms with Gasteiger partial charge in [-0.15, -0.1) is 0 Å². The zero-order chi connectivity index (χ0) is 23.1. The van der Waals surface area contributed by atoms with Crippen molar-refractivity contribution in [1.82, 2.24) is 16.0 Å². The SMILES string of the molecule is CNC1C(O)C(NC)C2OC(O)C(O)(CNCCc3ccccc3)CCOCOC2C1O. The first-order valence-electron chi connectivity index (χ1n) is 11.1. The molecule has 10 nitrogen and oxygen atoms in total. The average molecular weight is 456 g/mol. The molecule has 0 amide bonds. The van der Waals surface area contributed by atoms with Crippen LogP contribution < -0.4 is 16.0 Å². The molecule has 2 aliphatic rings. The first-order valence-corrected chi connectivity index (χ1v) is 11.1. The van der Waals surface area contributed by atoms with E-state index in [2.05, 4.69) is 16.0 Å². The maximum Gasteiger partial charge on any atom is 0.185 e. The van der Waals surface area contributed by atoms with Gasteiger partial charge >= 0.3 is 0 Å². The molecule has 10 heteroatoms. The summed E-state index contributed by atoms with van der Waals surface area (Å²) in [5, 5.41) is 52.7. The Balaban J connectivity index is 1.69. The number of hydrogen-bond acceptors (Lipinski definition) is 10. The molecule has 1 aliphatic carbocycles. The molecule has 1 aliphatic heterocycles. The molecule has 7 N–H and O–H groups in total. The Morgan fingerprint density at radius 3 is 2.41 bits per heavy atom. The third-order valence-corrected chi connectivity index (χ3v) is 6.42. The second-order valence-electron chi connectivity index (χ2n) is 8.49. The minimum absolute atomic E-state index is 0.0804. The zero-order valence-corrected chi connectivity index (χ0v) is 18.7. The summed E-state index contributed by atoms with van der Waals surface area (Å²) in [5.41, 5.74) is -0.466. The summed E-state index contributed by atoms with van der Waals surface area (Å²) in [7, 11) is 3.29. The number of nitrogens with one attached hydrogen (secondary N) is 3. The van der Waals surface area contributed by atoms with E-state index in [0.717, 1.165) is 6.42 Å². The highest BCUT2D eigenvalue weighted by atomic mass is 16.7. The largest absolute Gasteiger partial charge is 0.390 e. The third kappa shape index (κ3) is 5.84. The molecule has 0 aromatic heterocycles. The second-order valence-corrected chi connectivity index (χ2v) is 8.49. The molecule has 3 rings (SSSR count). The van der Waals surface area contributed by atoms with Crippen LogP contribution in [-0.2, 0) is 20.6 Å². The van der Waals surface area contributed by atoms with Crippen LogP contribution in [0.1, 0.15) is 12.0 Å². The summed E-state index contributed by atoms with van der Waals surface area (Å²) >= 11 is 0. The smallest absolute Gasteiger partial charge is 0.185 e. The monoisotopic (exact) mass is 455 g/mol. The van der Waals surface area contributed by atoms with Gasteiger partial charge in [-0.2, -0.15) is 0 Å². The molecule has 8 unspecified atom stereocenters. The van der Waals surface area contributed by atoms with Crippen LogP contribution >= 0.6 is 0 Å². The highest BCUT2D eigenvalue weighted by Crippen LogP contribution is 2.30. The minimum atomic E-state index is -1.63. The van der Waals surface area contributed by atoms with Crippen molar-refractivity contribution >= 4 is 0 Å². The molecule has 1 heterocycles. The molecule has 0 bridgehead atoms. The summed E-state index contributed by atoms with van der Waals surface area (Å²) in [4.78, 5) is 0. The Morgan fingerprint density at radius 2 is 1.72 bits per heavy atom. The molecule has 32 heavy (non-hydrogen) atoms. The molecule has 1 saturated heterocycles. The van der Waals surface area contributed by atoms with Crippen LogP contribution in [0.25, 0.3) is 0 Å². The normalized spacial score (nSPS) is 38.8. The number of fused-ring (bicyclic) bond motifs is 1. The van der Waals surface area contributed by atoms with Gasteiger partial charge in [0, 0.05) is 13.0 Å². The first-order chi connectivity index (χ1) is 15.4. The van der Waals surface area contributed by atoms with Gasteiger partial charge in [-0.1, -0.05) is 30.3 Å². The number of hydrogen-bond donors (Lipinski definition) is 7. The van der Waals surface area contributed by atoms with Gasteiger partial charge in [0.25, 0.3) is 0 Å². The third-order valence-electron chi connectivity index (χ3n) is 6.42. The Bertz CT molecular complexity index is 685. The van der Waals surface area contributed by atoms with Crippen molar-refractivity contribution in [3.05, 3.63) is 35.9 Å². The van der Waals surface area contributed by atoms with E-state index in [0.29, 0.717) is 6.54 Å². The Kier molecular flexibility index (Phi) is 9.38. The molecule has 2 fully saturated rings. The van der Waals surface area contributed by atoms with E-state index in [1.807, 2.05) is 30.3 Å². The van der Waals surface area contributed by atoms with Gasteiger partial charge in [-0.3, -0.25) is 0 Å². The van der Waals surface area contributed by atoms with Crippen LogP contribution in [0.2, 0.25) is 0 Å². The lowest BCUT2D eigenvalue weighted by atomic mass is 9.81. The van der Waals surface area contributed by atoms with Gasteiger partial charge in [0.2, 0.25) is 0 Å². The molecule has 0 spiro atoms. The fourth-order valence-corrected chi connectivity index (χ4v) is 4.45. The Labute approximate surface area is 188 Å². The molecule has 8 atom stereocenters. The molecule has 0 radical (unpaired) electrons. The van der Waals surface area contributed by atoms with Crippen molar-refractivity contribution < 1.29 is 34.6 Å². The quantitative estimate of drug-likeness (QED) is 0.229. The standard InChI is InChI=1S/C22H37N3O7/c1-23-15-17(26)16(24-2)19-20(18(15)27)31-13-30-11-9-22(29,21(28)32-19)12-25-10-8-14-6-4-3-5-7-14/h3-7,15-21,23-29H,8-13H2,1-2H3. The van der Waals surface area contributed by atoms with Gasteiger partial charge in [-0.05, 0) is 32.6 Å². The molecular weight excluding hydrogens is 418 g/mol. The summed E-state index contributed by atoms with van der Waals surface area (Å²) in [5.74, 6) is 0. The summed E-state index contributed by atoms with van der Waals surface area (Å²) in [6, 6.07) is 8.63. The van der Waals surface area contributed by atoms with Crippen molar-refractivity contribution in [3.8, 4) is 0 Å².